The minimum absolute atomic E-state index is 0.00406. The molecule has 1 aliphatic rings. The molecule has 4 atom stereocenters. The van der Waals surface area contributed by atoms with Crippen LogP contribution in [0, 0.1) is 24.2 Å². The third kappa shape index (κ3) is 11.1. The van der Waals surface area contributed by atoms with E-state index in [0.29, 0.717) is 17.2 Å². The summed E-state index contributed by atoms with van der Waals surface area (Å²) < 4.78 is 43.3. The second-order valence-corrected chi connectivity index (χ2v) is 18.8. The number of fused-ring (bicyclic) bond motifs is 1. The van der Waals surface area contributed by atoms with E-state index in [1.54, 1.807) is 32.6 Å². The molecule has 0 aliphatic carbocycles. The van der Waals surface area contributed by atoms with Crippen LogP contribution in [0.25, 0.3) is 11.2 Å². The van der Waals surface area contributed by atoms with Gasteiger partial charge < -0.3 is 33.3 Å². The standard InChI is InChI=1S/C51H61N8O8P/c1-32(2)47(60)56-49-55-46-45(48(61)57-49)54-50(53-39-22-16-35(7)17-23-39)58(46)44-30-42(67-68(65-29-13-28-52)59(33(3)4)34(5)6)43(66-44)31-64-51(36-14-11-10-12-15-36,37-18-24-40(62-8)25-19-37)38-20-26-41(63-9)27-21-38/h10-12,14-27,32-34,42-44H,13,29-31H2,1-9H3,(H,53,54)(H2,55,56,57,60,61)/t42-,43+,44+,68?/m0/s1. The number of carbonyl (C=O) groups is 1. The van der Waals surface area contributed by atoms with Crippen molar-refractivity contribution in [2.24, 2.45) is 5.92 Å². The van der Waals surface area contributed by atoms with E-state index in [2.05, 4.69) is 54.1 Å². The second kappa shape index (κ2) is 22.3. The Hall–Kier alpha value is -6.18. The zero-order chi connectivity index (χ0) is 48.5. The molecule has 1 aliphatic heterocycles. The Morgan fingerprint density at radius 2 is 1.50 bits per heavy atom. The fourth-order valence-electron chi connectivity index (χ4n) is 8.24. The highest BCUT2D eigenvalue weighted by atomic mass is 31.2. The first kappa shape index (κ1) is 49.7. The van der Waals surface area contributed by atoms with E-state index < -0.39 is 38.1 Å². The molecule has 16 nitrogen and oxygen atoms in total. The number of benzene rings is 4. The molecule has 6 aromatic rings. The Labute approximate surface area is 398 Å². The van der Waals surface area contributed by atoms with Gasteiger partial charge in [0, 0.05) is 30.1 Å². The van der Waals surface area contributed by atoms with E-state index in [9.17, 15) is 14.9 Å². The molecule has 0 spiro atoms. The van der Waals surface area contributed by atoms with Crippen LogP contribution in [0.5, 0.6) is 11.5 Å². The van der Waals surface area contributed by atoms with Crippen LogP contribution in [0.4, 0.5) is 17.6 Å². The molecule has 0 radical (unpaired) electrons. The van der Waals surface area contributed by atoms with Crippen LogP contribution in [-0.2, 0) is 28.9 Å². The van der Waals surface area contributed by atoms with Crippen molar-refractivity contribution < 1.29 is 32.8 Å². The normalized spacial score (nSPS) is 16.7. The molecular formula is C51H61N8O8P. The highest BCUT2D eigenvalue weighted by molar-refractivity contribution is 7.44. The van der Waals surface area contributed by atoms with Gasteiger partial charge in [-0.3, -0.25) is 24.5 Å². The molecule has 1 amide bonds. The number of imidazole rings is 1. The van der Waals surface area contributed by atoms with Gasteiger partial charge >= 0.3 is 0 Å². The highest BCUT2D eigenvalue weighted by Gasteiger charge is 2.46. The number of nitriles is 1. The molecule has 1 fully saturated rings. The molecule has 0 saturated carbocycles. The minimum Gasteiger partial charge on any atom is -0.497 e. The molecule has 1 saturated heterocycles. The van der Waals surface area contributed by atoms with Crippen LogP contribution in [0.3, 0.4) is 0 Å². The predicted molar refractivity (Wildman–Crippen MR) is 263 cm³/mol. The number of hydrogen-bond donors (Lipinski definition) is 3. The van der Waals surface area contributed by atoms with Gasteiger partial charge in [-0.15, -0.1) is 0 Å². The largest absolute Gasteiger partial charge is 0.497 e. The van der Waals surface area contributed by atoms with Gasteiger partial charge in [0.2, 0.25) is 17.8 Å². The number of methoxy groups -OCH3 is 2. The number of aromatic nitrogens is 4. The number of hydrogen-bond acceptors (Lipinski definition) is 13. The summed E-state index contributed by atoms with van der Waals surface area (Å²) in [5, 5.41) is 15.7. The lowest BCUT2D eigenvalue weighted by Crippen LogP contribution is -2.39. The van der Waals surface area contributed by atoms with Crippen molar-refractivity contribution in [3.05, 3.63) is 136 Å². The average molecular weight is 945 g/mol. The molecule has 17 heteroatoms. The molecule has 1 unspecified atom stereocenters. The van der Waals surface area contributed by atoms with Gasteiger partial charge in [-0.05, 0) is 87.7 Å². The lowest BCUT2D eigenvalue weighted by atomic mass is 9.80. The van der Waals surface area contributed by atoms with Gasteiger partial charge in [-0.2, -0.15) is 10.2 Å². The van der Waals surface area contributed by atoms with Crippen LogP contribution >= 0.6 is 8.53 Å². The maximum absolute atomic E-state index is 13.8. The number of ether oxygens (including phenoxy) is 4. The third-order valence-corrected chi connectivity index (χ3v) is 13.8. The van der Waals surface area contributed by atoms with E-state index in [1.807, 2.05) is 110 Å². The summed E-state index contributed by atoms with van der Waals surface area (Å²) in [6, 6.07) is 35.6. The molecule has 358 valence electrons. The number of H-pyrrole nitrogens is 1. The summed E-state index contributed by atoms with van der Waals surface area (Å²) in [6.07, 6.45) is -1.88. The Kier molecular flexibility index (Phi) is 16.3. The Balaban J connectivity index is 1.38. The number of amides is 1. The lowest BCUT2D eigenvalue weighted by Gasteiger charge is -2.39. The van der Waals surface area contributed by atoms with Crippen LogP contribution in [0.1, 0.15) is 82.9 Å². The predicted octanol–water partition coefficient (Wildman–Crippen LogP) is 9.74. The molecule has 7 rings (SSSR count). The number of rotatable bonds is 21. The number of nitrogens with one attached hydrogen (secondary N) is 3. The van der Waals surface area contributed by atoms with Crippen molar-refractivity contribution in [3.8, 4) is 17.6 Å². The first-order chi connectivity index (χ1) is 32.8. The van der Waals surface area contributed by atoms with Crippen LogP contribution in [-0.4, -0.2) is 81.8 Å². The number of nitrogens with zero attached hydrogens (tertiary/aromatic N) is 5. The number of carbonyl (C=O) groups excluding carboxylic acids is 1. The number of aromatic amines is 1. The van der Waals surface area contributed by atoms with E-state index in [-0.39, 0.29) is 73.0 Å². The summed E-state index contributed by atoms with van der Waals surface area (Å²) in [4.78, 5) is 39.0. The highest BCUT2D eigenvalue weighted by Crippen LogP contribution is 2.51. The van der Waals surface area contributed by atoms with Gasteiger partial charge in [0.25, 0.3) is 14.1 Å². The summed E-state index contributed by atoms with van der Waals surface area (Å²) >= 11 is 0. The fraction of sp³-hybridized carbons (Fsp3) is 0.392. The van der Waals surface area contributed by atoms with Gasteiger partial charge in [-0.25, -0.2) is 9.65 Å². The number of anilines is 3. The smallest absolute Gasteiger partial charge is 0.280 e. The van der Waals surface area contributed by atoms with Gasteiger partial charge in [0.05, 0.1) is 46.0 Å². The average Bonchev–Trinajstić information content (AvgIpc) is 3.90. The monoisotopic (exact) mass is 944 g/mol. The van der Waals surface area contributed by atoms with Gasteiger partial charge in [-0.1, -0.05) is 86.1 Å². The second-order valence-electron chi connectivity index (χ2n) is 17.4. The van der Waals surface area contributed by atoms with E-state index in [0.717, 1.165) is 22.3 Å². The molecule has 2 aromatic heterocycles. The maximum Gasteiger partial charge on any atom is 0.280 e. The van der Waals surface area contributed by atoms with Crippen LogP contribution in [0.2, 0.25) is 0 Å². The summed E-state index contributed by atoms with van der Waals surface area (Å²) in [5.74, 6) is 0.935. The summed E-state index contributed by atoms with van der Waals surface area (Å²) in [7, 11) is 1.50. The van der Waals surface area contributed by atoms with Gasteiger partial charge in [0.1, 0.15) is 29.4 Å². The maximum atomic E-state index is 13.8. The zero-order valence-corrected chi connectivity index (χ0v) is 41.0. The summed E-state index contributed by atoms with van der Waals surface area (Å²) in [5.41, 5.74) is 2.79. The Morgan fingerprint density at radius 1 is 0.897 bits per heavy atom. The van der Waals surface area contributed by atoms with Crippen molar-refractivity contribution in [2.75, 3.05) is 38.1 Å². The summed E-state index contributed by atoms with van der Waals surface area (Å²) in [6.45, 7) is 14.0. The SMILES string of the molecule is COc1ccc(C(OC[C@H]2O[C@@H](n3c(Nc4ccc(C)cc4)nc4c(=O)[nH]c(NC(=O)C(C)C)nc43)C[C@@H]2OP(OCCC#N)N(C(C)C)C(C)C)(c2ccccc2)c2ccc(OC)cc2)cc1. The lowest BCUT2D eigenvalue weighted by molar-refractivity contribution is -0.118. The first-order valence-corrected chi connectivity index (χ1v) is 23.9. The van der Waals surface area contributed by atoms with E-state index >= 15 is 0 Å². The van der Waals surface area contributed by atoms with Crippen LogP contribution in [0.15, 0.2) is 108 Å². The Morgan fingerprint density at radius 3 is 2.06 bits per heavy atom. The molecular weight excluding hydrogens is 884 g/mol. The van der Waals surface area contributed by atoms with Crippen molar-refractivity contribution in [2.45, 2.75) is 97.4 Å². The van der Waals surface area contributed by atoms with Crippen molar-refractivity contribution >= 4 is 43.2 Å². The van der Waals surface area contributed by atoms with Gasteiger partial charge in [0.15, 0.2) is 11.2 Å². The Bertz CT molecular complexity index is 2650. The number of aryl methyl sites for hydroxylation is 1. The van der Waals surface area contributed by atoms with Crippen molar-refractivity contribution in [3.63, 3.8) is 0 Å². The quantitative estimate of drug-likeness (QED) is 0.0352. The molecule has 0 bridgehead atoms. The van der Waals surface area contributed by atoms with Crippen molar-refractivity contribution in [1.29, 1.82) is 5.26 Å². The van der Waals surface area contributed by atoms with E-state index in [1.165, 1.54) is 0 Å². The fourth-order valence-corrected chi connectivity index (χ4v) is 10.0. The first-order valence-electron chi connectivity index (χ1n) is 22.8. The minimum atomic E-state index is -1.76. The topological polar surface area (TPSA) is 187 Å². The van der Waals surface area contributed by atoms with Crippen molar-refractivity contribution in [1.82, 2.24) is 24.2 Å². The molecule has 4 aromatic carbocycles. The molecule has 3 heterocycles. The van der Waals surface area contributed by atoms with Crippen LogP contribution < -0.4 is 25.7 Å². The zero-order valence-electron chi connectivity index (χ0n) is 40.1. The molecule has 68 heavy (non-hydrogen) atoms. The van der Waals surface area contributed by atoms with E-state index in [4.69, 9.17) is 38.0 Å². The third-order valence-electron chi connectivity index (χ3n) is 11.6. The molecule has 3 N–H and O–H groups in total.